The third-order valence-corrected chi connectivity index (χ3v) is 7.97. The number of ether oxygens (including phenoxy) is 2. The number of β-lactam (4-membered cyclic amide) rings is 1. The number of carbonyl (C=O) groups is 5. The highest BCUT2D eigenvalue weighted by atomic mass is 32.2. The number of aromatic nitrogens is 1. The summed E-state index contributed by atoms with van der Waals surface area (Å²) in [5, 5.41) is 11.9. The molecule has 0 saturated carbocycles. The molecule has 1 aromatic carbocycles. The molecule has 2 amide bonds. The number of aliphatic carboxylic acids is 1. The molecule has 1 aromatic heterocycles. The van der Waals surface area contributed by atoms with E-state index in [0.717, 1.165) is 10.5 Å². The Morgan fingerprint density at radius 2 is 1.82 bits per heavy atom. The number of nitrogens with one attached hydrogen (secondary N) is 1. The van der Waals surface area contributed by atoms with Crippen molar-refractivity contribution in [2.24, 2.45) is 0 Å². The molecule has 0 unspecified atom stereocenters. The number of thioether (sulfide) groups is 1. The van der Waals surface area contributed by atoms with Gasteiger partial charge < -0.3 is 24.5 Å². The summed E-state index contributed by atoms with van der Waals surface area (Å²) >= 11 is 1.27. The van der Waals surface area contributed by atoms with E-state index >= 15 is 0 Å². The van der Waals surface area contributed by atoms with Gasteiger partial charge in [-0.05, 0) is 31.9 Å². The van der Waals surface area contributed by atoms with E-state index in [1.807, 2.05) is 30.3 Å². The minimum atomic E-state index is -1.32. The lowest BCUT2D eigenvalue weighted by Crippen LogP contribution is -2.70. The second kappa shape index (κ2) is 11.4. The fourth-order valence-corrected chi connectivity index (χ4v) is 6.18. The third kappa shape index (κ3) is 5.29. The van der Waals surface area contributed by atoms with E-state index in [4.69, 9.17) is 9.47 Å². The van der Waals surface area contributed by atoms with E-state index in [0.29, 0.717) is 23.4 Å². The minimum absolute atomic E-state index is 0.166. The SMILES string of the molecule is CCOC(=O)c1c(C)c(C(=O)N[C@@H]2C(=O)N3C(C(=O)O)=C(COC(C)=O)CS[C@H]23)c(C)n1Cc1ccccc1. The standard InChI is InChI=1S/C27H29N3O8S/c1-5-37-27(36)21-14(2)19(15(3)29(21)11-17-9-7-6-8-10-17)23(32)28-20-24(33)30-22(26(34)35)18(12-38-16(4)31)13-39-25(20)30/h6-10,20,25H,5,11-13H2,1-4H3,(H,28,32)(H,34,35)/t20-,25-/m1/s1. The van der Waals surface area contributed by atoms with Gasteiger partial charge in [-0.1, -0.05) is 30.3 Å². The van der Waals surface area contributed by atoms with Gasteiger partial charge in [0.2, 0.25) is 0 Å². The fraction of sp³-hybridized carbons (Fsp3) is 0.370. The monoisotopic (exact) mass is 555 g/mol. The number of amides is 2. The highest BCUT2D eigenvalue weighted by Crippen LogP contribution is 2.40. The third-order valence-electron chi connectivity index (χ3n) is 6.63. The summed E-state index contributed by atoms with van der Waals surface area (Å²) in [7, 11) is 0. The number of carbonyl (C=O) groups excluding carboxylic acids is 4. The van der Waals surface area contributed by atoms with E-state index in [1.54, 1.807) is 25.3 Å². The number of fused-ring (bicyclic) bond motifs is 1. The van der Waals surface area contributed by atoms with Crippen molar-refractivity contribution in [2.45, 2.75) is 45.7 Å². The van der Waals surface area contributed by atoms with Gasteiger partial charge in [0.1, 0.15) is 29.4 Å². The van der Waals surface area contributed by atoms with Crippen molar-refractivity contribution in [1.29, 1.82) is 0 Å². The molecule has 2 aliphatic rings. The molecule has 12 heteroatoms. The molecule has 4 rings (SSSR count). The quantitative estimate of drug-likeness (QED) is 0.352. The van der Waals surface area contributed by atoms with E-state index in [9.17, 15) is 29.1 Å². The number of esters is 2. The summed E-state index contributed by atoms with van der Waals surface area (Å²) in [6.07, 6.45) is 0. The molecule has 11 nitrogen and oxygen atoms in total. The Bertz CT molecular complexity index is 1380. The van der Waals surface area contributed by atoms with Crippen molar-refractivity contribution in [1.82, 2.24) is 14.8 Å². The molecule has 0 radical (unpaired) electrons. The molecule has 2 aromatic rings. The number of nitrogens with zero attached hydrogens (tertiary/aromatic N) is 2. The molecule has 0 aliphatic carbocycles. The van der Waals surface area contributed by atoms with E-state index < -0.39 is 41.1 Å². The number of benzene rings is 1. The van der Waals surface area contributed by atoms with Crippen LogP contribution in [0.3, 0.4) is 0 Å². The van der Waals surface area contributed by atoms with Crippen molar-refractivity contribution >= 4 is 41.5 Å². The molecule has 39 heavy (non-hydrogen) atoms. The van der Waals surface area contributed by atoms with Crippen LogP contribution in [0.2, 0.25) is 0 Å². The maximum Gasteiger partial charge on any atom is 0.355 e. The number of hydrogen-bond acceptors (Lipinski definition) is 8. The second-order valence-corrected chi connectivity index (χ2v) is 10.2. The number of hydrogen-bond donors (Lipinski definition) is 2. The number of carboxylic acids is 1. The first-order valence-electron chi connectivity index (χ1n) is 12.3. The van der Waals surface area contributed by atoms with Crippen LogP contribution in [-0.2, 0) is 30.4 Å². The average molecular weight is 556 g/mol. The summed E-state index contributed by atoms with van der Waals surface area (Å²) < 4.78 is 11.9. The topological polar surface area (TPSA) is 144 Å². The van der Waals surface area contributed by atoms with Crippen molar-refractivity contribution < 1.29 is 38.6 Å². The zero-order valence-corrected chi connectivity index (χ0v) is 22.8. The lowest BCUT2D eigenvalue weighted by molar-refractivity contribution is -0.149. The fourth-order valence-electron chi connectivity index (χ4n) is 4.85. The van der Waals surface area contributed by atoms with Gasteiger partial charge in [-0.15, -0.1) is 11.8 Å². The lowest BCUT2D eigenvalue weighted by atomic mass is 10.0. The molecular formula is C27H29N3O8S. The Balaban J connectivity index is 1.61. The molecular weight excluding hydrogens is 526 g/mol. The van der Waals surface area contributed by atoms with Gasteiger partial charge in [0.05, 0.1) is 12.2 Å². The van der Waals surface area contributed by atoms with Crippen LogP contribution >= 0.6 is 11.8 Å². The van der Waals surface area contributed by atoms with Gasteiger partial charge in [-0.3, -0.25) is 19.3 Å². The van der Waals surface area contributed by atoms with Gasteiger partial charge in [0.15, 0.2) is 0 Å². The second-order valence-electron chi connectivity index (χ2n) is 9.12. The van der Waals surface area contributed by atoms with Gasteiger partial charge in [-0.25, -0.2) is 9.59 Å². The van der Waals surface area contributed by atoms with E-state index in [1.165, 1.54) is 18.7 Å². The van der Waals surface area contributed by atoms with Crippen LogP contribution in [0, 0.1) is 13.8 Å². The van der Waals surface area contributed by atoms with Crippen molar-refractivity contribution in [3.05, 3.63) is 69.7 Å². The van der Waals surface area contributed by atoms with Crippen molar-refractivity contribution in [2.75, 3.05) is 19.0 Å². The molecule has 2 N–H and O–H groups in total. The minimum Gasteiger partial charge on any atom is -0.477 e. The summed E-state index contributed by atoms with van der Waals surface area (Å²) in [6, 6.07) is 8.50. The predicted octanol–water partition coefficient (Wildman–Crippen LogP) is 2.25. The van der Waals surface area contributed by atoms with E-state index in [-0.39, 0.29) is 35.9 Å². The highest BCUT2D eigenvalue weighted by Gasteiger charge is 2.54. The van der Waals surface area contributed by atoms with Crippen LogP contribution in [0.1, 0.15) is 51.5 Å². The smallest absolute Gasteiger partial charge is 0.355 e. The molecule has 0 bridgehead atoms. The highest BCUT2D eigenvalue weighted by molar-refractivity contribution is 8.00. The first kappa shape index (κ1) is 28.0. The summed E-state index contributed by atoms with van der Waals surface area (Å²) in [5.41, 5.74) is 2.46. The van der Waals surface area contributed by atoms with Crippen LogP contribution < -0.4 is 5.32 Å². The number of carboxylic acid groups (broad SMARTS) is 1. The van der Waals surface area contributed by atoms with E-state index in [2.05, 4.69) is 5.32 Å². The van der Waals surface area contributed by atoms with Crippen LogP contribution in [-0.4, -0.2) is 74.7 Å². The normalized spacial score (nSPS) is 18.3. The van der Waals surface area contributed by atoms with Crippen LogP contribution in [0.25, 0.3) is 0 Å². The van der Waals surface area contributed by atoms with Crippen LogP contribution in [0.4, 0.5) is 0 Å². The van der Waals surface area contributed by atoms with Crippen molar-refractivity contribution in [3.8, 4) is 0 Å². The maximum absolute atomic E-state index is 13.5. The Morgan fingerprint density at radius 3 is 2.44 bits per heavy atom. The van der Waals surface area contributed by atoms with Gasteiger partial charge in [-0.2, -0.15) is 0 Å². The predicted molar refractivity (Wildman–Crippen MR) is 141 cm³/mol. The Morgan fingerprint density at radius 1 is 1.13 bits per heavy atom. The molecule has 2 aliphatic heterocycles. The Kier molecular flexibility index (Phi) is 8.14. The molecule has 2 atom stereocenters. The summed E-state index contributed by atoms with van der Waals surface area (Å²) in [4.78, 5) is 63.7. The van der Waals surface area contributed by atoms with Gasteiger partial charge in [0, 0.05) is 30.5 Å². The Labute approximate surface area is 229 Å². The molecule has 206 valence electrons. The summed E-state index contributed by atoms with van der Waals surface area (Å²) in [6.45, 7) is 6.56. The molecule has 1 saturated heterocycles. The zero-order valence-electron chi connectivity index (χ0n) is 22.0. The molecule has 0 spiro atoms. The molecule has 3 heterocycles. The van der Waals surface area contributed by atoms with Crippen LogP contribution in [0.15, 0.2) is 41.6 Å². The molecule has 1 fully saturated rings. The summed E-state index contributed by atoms with van der Waals surface area (Å²) in [5.74, 6) is -3.35. The van der Waals surface area contributed by atoms with Gasteiger partial charge in [0.25, 0.3) is 11.8 Å². The largest absolute Gasteiger partial charge is 0.477 e. The number of rotatable bonds is 9. The average Bonchev–Trinajstić information content (AvgIpc) is 3.14. The first-order chi connectivity index (χ1) is 18.6. The Hall–Kier alpha value is -4.06. The zero-order chi connectivity index (χ0) is 28.4. The first-order valence-corrected chi connectivity index (χ1v) is 13.4. The van der Waals surface area contributed by atoms with Crippen LogP contribution in [0.5, 0.6) is 0 Å². The van der Waals surface area contributed by atoms with Crippen molar-refractivity contribution in [3.63, 3.8) is 0 Å². The van der Waals surface area contributed by atoms with Gasteiger partial charge >= 0.3 is 17.9 Å². The maximum atomic E-state index is 13.5. The lowest BCUT2D eigenvalue weighted by Gasteiger charge is -2.49.